The van der Waals surface area contributed by atoms with E-state index in [1.807, 2.05) is 6.92 Å². The molecule has 1 aromatic heterocycles. The SMILES string of the molecule is C[C@H]1CN(C(=O)c2ccc(C(N)=O)s2)c2cccc(Cl)c2O1. The second kappa shape index (κ2) is 5.62. The fourth-order valence-electron chi connectivity index (χ4n) is 2.33. The van der Waals surface area contributed by atoms with E-state index in [1.54, 1.807) is 35.2 Å². The summed E-state index contributed by atoms with van der Waals surface area (Å²) in [6, 6.07) is 8.44. The fraction of sp³-hybridized carbons (Fsp3) is 0.200. The first-order valence-electron chi connectivity index (χ1n) is 6.64. The van der Waals surface area contributed by atoms with Crippen LogP contribution in [0.5, 0.6) is 5.75 Å². The molecular formula is C15H13ClN2O3S. The Morgan fingerprint density at radius 3 is 2.73 bits per heavy atom. The number of anilines is 1. The second-order valence-corrected chi connectivity index (χ2v) is 6.45. The Morgan fingerprint density at radius 1 is 1.32 bits per heavy atom. The smallest absolute Gasteiger partial charge is 0.268 e. The van der Waals surface area contributed by atoms with Crippen molar-refractivity contribution in [1.82, 2.24) is 0 Å². The molecule has 0 bridgehead atoms. The number of ether oxygens (including phenoxy) is 1. The number of rotatable bonds is 2. The summed E-state index contributed by atoms with van der Waals surface area (Å²) in [5, 5.41) is 0.464. The number of benzene rings is 1. The van der Waals surface area contributed by atoms with Crippen molar-refractivity contribution < 1.29 is 14.3 Å². The molecule has 0 saturated heterocycles. The summed E-state index contributed by atoms with van der Waals surface area (Å²) in [5.41, 5.74) is 5.86. The van der Waals surface area contributed by atoms with E-state index in [4.69, 9.17) is 22.1 Å². The Hall–Kier alpha value is -2.05. The Balaban J connectivity index is 1.99. The first-order valence-corrected chi connectivity index (χ1v) is 7.83. The number of halogens is 1. The van der Waals surface area contributed by atoms with Crippen molar-refractivity contribution in [3.63, 3.8) is 0 Å². The maximum Gasteiger partial charge on any atom is 0.268 e. The Labute approximate surface area is 136 Å². The minimum Gasteiger partial charge on any atom is -0.485 e. The zero-order valence-corrected chi connectivity index (χ0v) is 13.3. The van der Waals surface area contributed by atoms with Crippen molar-refractivity contribution in [1.29, 1.82) is 0 Å². The molecule has 0 aliphatic carbocycles. The molecule has 3 rings (SSSR count). The van der Waals surface area contributed by atoms with Crippen LogP contribution in [0.3, 0.4) is 0 Å². The van der Waals surface area contributed by atoms with Crippen LogP contribution < -0.4 is 15.4 Å². The lowest BCUT2D eigenvalue weighted by molar-refractivity contribution is 0.0964. The molecular weight excluding hydrogens is 324 g/mol. The van der Waals surface area contributed by atoms with Gasteiger partial charge in [0, 0.05) is 0 Å². The van der Waals surface area contributed by atoms with Crippen molar-refractivity contribution in [2.75, 3.05) is 11.4 Å². The van der Waals surface area contributed by atoms with Crippen molar-refractivity contribution >= 4 is 40.4 Å². The molecule has 0 unspecified atom stereocenters. The highest BCUT2D eigenvalue weighted by atomic mass is 35.5. The number of nitrogens with two attached hydrogens (primary N) is 1. The molecule has 22 heavy (non-hydrogen) atoms. The lowest BCUT2D eigenvalue weighted by Crippen LogP contribution is -2.42. The predicted octanol–water partition coefficient (Wildman–Crippen LogP) is 2.93. The number of hydrogen-bond donors (Lipinski definition) is 1. The van der Waals surface area contributed by atoms with Crippen LogP contribution >= 0.6 is 22.9 Å². The van der Waals surface area contributed by atoms with Crippen molar-refractivity contribution in [3.8, 4) is 5.75 Å². The van der Waals surface area contributed by atoms with Gasteiger partial charge in [0.2, 0.25) is 0 Å². The molecule has 1 aromatic carbocycles. The van der Waals surface area contributed by atoms with E-state index in [-0.39, 0.29) is 12.0 Å². The largest absolute Gasteiger partial charge is 0.485 e. The Kier molecular flexibility index (Phi) is 3.80. The first kappa shape index (κ1) is 14.9. The molecule has 1 atom stereocenters. The number of primary amides is 1. The Bertz CT molecular complexity index is 759. The summed E-state index contributed by atoms with van der Waals surface area (Å²) < 4.78 is 5.73. The van der Waals surface area contributed by atoms with Crippen LogP contribution in [-0.2, 0) is 0 Å². The fourth-order valence-corrected chi connectivity index (χ4v) is 3.35. The highest BCUT2D eigenvalue weighted by Crippen LogP contribution is 2.40. The molecule has 5 nitrogen and oxygen atoms in total. The van der Waals surface area contributed by atoms with Gasteiger partial charge in [-0.25, -0.2) is 0 Å². The zero-order valence-electron chi connectivity index (χ0n) is 11.7. The van der Waals surface area contributed by atoms with Gasteiger partial charge in [-0.3, -0.25) is 9.59 Å². The van der Waals surface area contributed by atoms with E-state index in [1.165, 1.54) is 0 Å². The molecule has 7 heteroatoms. The summed E-state index contributed by atoms with van der Waals surface area (Å²) in [7, 11) is 0. The lowest BCUT2D eigenvalue weighted by atomic mass is 10.2. The number of carbonyl (C=O) groups excluding carboxylic acids is 2. The maximum atomic E-state index is 12.7. The average molecular weight is 337 g/mol. The van der Waals surface area contributed by atoms with Gasteiger partial charge < -0.3 is 15.4 Å². The summed E-state index contributed by atoms with van der Waals surface area (Å²) >= 11 is 7.23. The second-order valence-electron chi connectivity index (χ2n) is 4.96. The minimum absolute atomic E-state index is 0.174. The number of fused-ring (bicyclic) bond motifs is 1. The van der Waals surface area contributed by atoms with E-state index >= 15 is 0 Å². The van der Waals surface area contributed by atoms with E-state index in [9.17, 15) is 9.59 Å². The van der Waals surface area contributed by atoms with Crippen LogP contribution in [0.4, 0.5) is 5.69 Å². The monoisotopic (exact) mass is 336 g/mol. The highest BCUT2D eigenvalue weighted by Gasteiger charge is 2.30. The van der Waals surface area contributed by atoms with Crippen LogP contribution in [0.1, 0.15) is 26.3 Å². The van der Waals surface area contributed by atoms with Crippen molar-refractivity contribution in [3.05, 3.63) is 45.1 Å². The number of nitrogens with zero attached hydrogens (tertiary/aromatic N) is 1. The third-order valence-electron chi connectivity index (χ3n) is 3.30. The van der Waals surface area contributed by atoms with Gasteiger partial charge in [0.05, 0.1) is 27.0 Å². The van der Waals surface area contributed by atoms with E-state index in [0.29, 0.717) is 32.8 Å². The zero-order chi connectivity index (χ0) is 15.9. The topological polar surface area (TPSA) is 72.6 Å². The molecule has 0 radical (unpaired) electrons. The van der Waals surface area contributed by atoms with Crippen molar-refractivity contribution in [2.45, 2.75) is 13.0 Å². The Morgan fingerprint density at radius 2 is 2.05 bits per heavy atom. The first-order chi connectivity index (χ1) is 10.5. The standard InChI is InChI=1S/C15H13ClN2O3S/c1-8-7-18(10-4-2-3-9(16)13(10)21-8)15(20)12-6-5-11(22-12)14(17)19/h2-6,8H,7H2,1H3,(H2,17,19)/t8-/m0/s1. The summed E-state index contributed by atoms with van der Waals surface area (Å²) in [5.74, 6) is -0.234. The van der Waals surface area contributed by atoms with Crippen molar-refractivity contribution in [2.24, 2.45) is 5.73 Å². The van der Waals surface area contributed by atoms with Gasteiger partial charge in [-0.15, -0.1) is 11.3 Å². The third-order valence-corrected chi connectivity index (χ3v) is 4.69. The molecule has 0 spiro atoms. The van der Waals surface area contributed by atoms with Gasteiger partial charge in [0.25, 0.3) is 11.8 Å². The number of hydrogen-bond acceptors (Lipinski definition) is 4. The van der Waals surface area contributed by atoms with Gasteiger partial charge in [0.1, 0.15) is 6.10 Å². The van der Waals surface area contributed by atoms with E-state index < -0.39 is 5.91 Å². The van der Waals surface area contributed by atoms with Gasteiger partial charge in [-0.2, -0.15) is 0 Å². The maximum absolute atomic E-state index is 12.7. The molecule has 2 aromatic rings. The van der Waals surface area contributed by atoms with Gasteiger partial charge in [-0.05, 0) is 31.2 Å². The number of para-hydroxylation sites is 1. The predicted molar refractivity (Wildman–Crippen MR) is 86.1 cm³/mol. The van der Waals surface area contributed by atoms with Crippen LogP contribution in [0.25, 0.3) is 0 Å². The van der Waals surface area contributed by atoms with Crippen LogP contribution in [0, 0.1) is 0 Å². The van der Waals surface area contributed by atoms with Gasteiger partial charge in [-0.1, -0.05) is 17.7 Å². The number of amides is 2. The molecule has 2 N–H and O–H groups in total. The third kappa shape index (κ3) is 2.55. The van der Waals surface area contributed by atoms with Crippen LogP contribution in [0.2, 0.25) is 5.02 Å². The lowest BCUT2D eigenvalue weighted by Gasteiger charge is -2.33. The normalized spacial score (nSPS) is 16.8. The van der Waals surface area contributed by atoms with E-state index in [0.717, 1.165) is 11.3 Å². The molecule has 2 heterocycles. The summed E-state index contributed by atoms with van der Waals surface area (Å²) in [4.78, 5) is 26.3. The summed E-state index contributed by atoms with van der Waals surface area (Å²) in [6.45, 7) is 2.28. The average Bonchev–Trinajstić information content (AvgIpc) is 2.97. The quantitative estimate of drug-likeness (QED) is 0.916. The number of carbonyl (C=O) groups is 2. The molecule has 1 aliphatic heterocycles. The molecule has 1 aliphatic rings. The molecule has 0 saturated carbocycles. The molecule has 114 valence electrons. The molecule has 0 fully saturated rings. The highest BCUT2D eigenvalue weighted by molar-refractivity contribution is 7.16. The van der Waals surface area contributed by atoms with Crippen LogP contribution in [-0.4, -0.2) is 24.5 Å². The molecule has 2 amide bonds. The number of thiophene rings is 1. The minimum atomic E-state index is -0.539. The van der Waals surface area contributed by atoms with Gasteiger partial charge >= 0.3 is 0 Å². The van der Waals surface area contributed by atoms with Crippen LogP contribution in [0.15, 0.2) is 30.3 Å². The van der Waals surface area contributed by atoms with Gasteiger partial charge in [0.15, 0.2) is 5.75 Å². The van der Waals surface area contributed by atoms with E-state index in [2.05, 4.69) is 0 Å². The summed E-state index contributed by atoms with van der Waals surface area (Å²) in [6.07, 6.45) is -0.174.